The molecule has 0 aromatic heterocycles. The predicted octanol–water partition coefficient (Wildman–Crippen LogP) is 2.26. The summed E-state index contributed by atoms with van der Waals surface area (Å²) < 4.78 is 24.0. The molecule has 0 aliphatic carbocycles. The number of carbonyl (C=O) groups excluding carboxylic acids is 1. The highest BCUT2D eigenvalue weighted by atomic mass is 79.9. The molecule has 1 saturated heterocycles. The van der Waals surface area contributed by atoms with E-state index < -0.39 is 0 Å². The Kier molecular flexibility index (Phi) is 5.15. The van der Waals surface area contributed by atoms with E-state index in [9.17, 15) is 9.18 Å². The molecule has 1 fully saturated rings. The minimum absolute atomic E-state index is 0.100. The predicted molar refractivity (Wildman–Crippen MR) is 71.6 cm³/mol. The first-order valence-electron chi connectivity index (χ1n) is 6.11. The highest BCUT2D eigenvalue weighted by Gasteiger charge is 2.16. The molecule has 4 nitrogen and oxygen atoms in total. The van der Waals surface area contributed by atoms with Gasteiger partial charge in [0.05, 0.1) is 10.6 Å². The van der Waals surface area contributed by atoms with E-state index in [1.807, 2.05) is 0 Å². The molecule has 1 aliphatic heterocycles. The second kappa shape index (κ2) is 6.86. The van der Waals surface area contributed by atoms with Gasteiger partial charge in [-0.3, -0.25) is 4.79 Å². The molecule has 104 valence electrons. The molecule has 0 saturated carbocycles. The Morgan fingerprint density at radius 1 is 1.58 bits per heavy atom. The summed E-state index contributed by atoms with van der Waals surface area (Å²) in [5, 5.41) is 2.75. The van der Waals surface area contributed by atoms with E-state index in [2.05, 4.69) is 21.2 Å². The van der Waals surface area contributed by atoms with Crippen molar-refractivity contribution >= 4 is 21.8 Å². The number of rotatable bonds is 5. The van der Waals surface area contributed by atoms with Gasteiger partial charge in [-0.25, -0.2) is 4.39 Å². The van der Waals surface area contributed by atoms with Crippen molar-refractivity contribution in [1.82, 2.24) is 5.32 Å². The zero-order chi connectivity index (χ0) is 13.7. The Bertz CT molecular complexity index is 450. The van der Waals surface area contributed by atoms with Crippen LogP contribution in [-0.4, -0.2) is 31.8 Å². The minimum atomic E-state index is -0.359. The number of benzene rings is 1. The highest BCUT2D eigenvalue weighted by Crippen LogP contribution is 2.25. The van der Waals surface area contributed by atoms with Crippen LogP contribution in [-0.2, 0) is 9.53 Å². The number of hydrogen-bond acceptors (Lipinski definition) is 3. The number of halogens is 2. The van der Waals surface area contributed by atoms with Gasteiger partial charge in [-0.05, 0) is 47.0 Å². The molecule has 1 aliphatic rings. The van der Waals surface area contributed by atoms with Crippen LogP contribution in [0.3, 0.4) is 0 Å². The third-order valence-corrected chi connectivity index (χ3v) is 3.42. The van der Waals surface area contributed by atoms with Crippen LogP contribution >= 0.6 is 15.9 Å². The lowest BCUT2D eigenvalue weighted by atomic mass is 10.2. The van der Waals surface area contributed by atoms with E-state index in [1.54, 1.807) is 0 Å². The zero-order valence-electron chi connectivity index (χ0n) is 10.3. The van der Waals surface area contributed by atoms with Crippen molar-refractivity contribution < 1.29 is 18.7 Å². The molecule has 1 aromatic carbocycles. The van der Waals surface area contributed by atoms with Gasteiger partial charge in [-0.1, -0.05) is 0 Å². The third-order valence-electron chi connectivity index (χ3n) is 2.80. The number of hydrogen-bond donors (Lipinski definition) is 1. The van der Waals surface area contributed by atoms with Crippen molar-refractivity contribution in [3.05, 3.63) is 28.5 Å². The van der Waals surface area contributed by atoms with Crippen LogP contribution in [0.4, 0.5) is 4.39 Å². The van der Waals surface area contributed by atoms with Crippen molar-refractivity contribution in [1.29, 1.82) is 0 Å². The molecule has 1 aromatic rings. The molecule has 6 heteroatoms. The maximum absolute atomic E-state index is 12.9. The van der Waals surface area contributed by atoms with Crippen LogP contribution in [0.5, 0.6) is 5.75 Å². The molecule has 2 rings (SSSR count). The van der Waals surface area contributed by atoms with Crippen molar-refractivity contribution in [3.63, 3.8) is 0 Å². The van der Waals surface area contributed by atoms with E-state index in [1.165, 1.54) is 18.2 Å². The van der Waals surface area contributed by atoms with Gasteiger partial charge in [-0.15, -0.1) is 0 Å². The highest BCUT2D eigenvalue weighted by molar-refractivity contribution is 9.10. The van der Waals surface area contributed by atoms with Gasteiger partial charge in [-0.2, -0.15) is 0 Å². The third kappa shape index (κ3) is 4.47. The normalized spacial score (nSPS) is 18.3. The second-order valence-electron chi connectivity index (χ2n) is 4.30. The van der Waals surface area contributed by atoms with Crippen LogP contribution in [0.1, 0.15) is 12.8 Å². The monoisotopic (exact) mass is 331 g/mol. The fourth-order valence-corrected chi connectivity index (χ4v) is 2.28. The van der Waals surface area contributed by atoms with Gasteiger partial charge in [0.15, 0.2) is 6.61 Å². The number of ether oxygens (including phenoxy) is 2. The number of nitrogens with one attached hydrogen (secondary N) is 1. The van der Waals surface area contributed by atoms with Gasteiger partial charge in [0.2, 0.25) is 0 Å². The summed E-state index contributed by atoms with van der Waals surface area (Å²) in [4.78, 5) is 11.6. The van der Waals surface area contributed by atoms with E-state index >= 15 is 0 Å². The van der Waals surface area contributed by atoms with Crippen LogP contribution in [0.15, 0.2) is 22.7 Å². The molecule has 1 N–H and O–H groups in total. The van der Waals surface area contributed by atoms with Crippen molar-refractivity contribution in [2.24, 2.45) is 0 Å². The molecule has 0 unspecified atom stereocenters. The van der Waals surface area contributed by atoms with E-state index in [-0.39, 0.29) is 24.4 Å². The Morgan fingerprint density at radius 3 is 3.11 bits per heavy atom. The molecule has 0 bridgehead atoms. The molecule has 19 heavy (non-hydrogen) atoms. The Morgan fingerprint density at radius 2 is 2.42 bits per heavy atom. The summed E-state index contributed by atoms with van der Waals surface area (Å²) in [7, 11) is 0. The van der Waals surface area contributed by atoms with Crippen LogP contribution in [0.2, 0.25) is 0 Å². The minimum Gasteiger partial charge on any atom is -0.483 e. The fourth-order valence-electron chi connectivity index (χ4n) is 1.82. The quantitative estimate of drug-likeness (QED) is 0.900. The van der Waals surface area contributed by atoms with E-state index in [0.717, 1.165) is 19.4 Å². The molecule has 1 atom stereocenters. The van der Waals surface area contributed by atoms with Crippen molar-refractivity contribution in [2.45, 2.75) is 18.9 Å². The average molecular weight is 332 g/mol. The molecular weight excluding hydrogens is 317 g/mol. The first-order valence-corrected chi connectivity index (χ1v) is 6.90. The van der Waals surface area contributed by atoms with Crippen LogP contribution in [0, 0.1) is 5.82 Å². The van der Waals surface area contributed by atoms with E-state index in [4.69, 9.17) is 9.47 Å². The topological polar surface area (TPSA) is 47.6 Å². The molecule has 0 radical (unpaired) electrons. The largest absolute Gasteiger partial charge is 0.483 e. The lowest BCUT2D eigenvalue weighted by molar-refractivity contribution is -0.123. The fraction of sp³-hybridized carbons (Fsp3) is 0.462. The Hall–Kier alpha value is -1.14. The summed E-state index contributed by atoms with van der Waals surface area (Å²) in [6.45, 7) is 1.17. The first-order chi connectivity index (χ1) is 9.15. The Labute approximate surface area is 119 Å². The Balaban J connectivity index is 1.73. The summed E-state index contributed by atoms with van der Waals surface area (Å²) in [5.41, 5.74) is 0. The summed E-state index contributed by atoms with van der Waals surface area (Å²) in [6.07, 6.45) is 2.13. The average Bonchev–Trinajstić information content (AvgIpc) is 2.88. The van der Waals surface area contributed by atoms with Gasteiger partial charge < -0.3 is 14.8 Å². The lowest BCUT2D eigenvalue weighted by Crippen LogP contribution is -2.35. The summed E-state index contributed by atoms with van der Waals surface area (Å²) >= 11 is 3.17. The standard InChI is InChI=1S/C13H15BrFNO3/c14-11-6-9(15)3-4-12(11)19-8-13(17)16-7-10-2-1-5-18-10/h3-4,6,10H,1-2,5,7-8H2,(H,16,17)/t10-/m0/s1. The van der Waals surface area contributed by atoms with Gasteiger partial charge in [0, 0.05) is 13.2 Å². The van der Waals surface area contributed by atoms with Crippen LogP contribution in [0.25, 0.3) is 0 Å². The second-order valence-corrected chi connectivity index (χ2v) is 5.16. The summed E-state index contributed by atoms with van der Waals surface area (Å²) in [5.74, 6) is -0.137. The van der Waals surface area contributed by atoms with Gasteiger partial charge in [0.25, 0.3) is 5.91 Å². The molecule has 1 amide bonds. The van der Waals surface area contributed by atoms with Crippen LogP contribution < -0.4 is 10.1 Å². The molecule has 0 spiro atoms. The SMILES string of the molecule is O=C(COc1ccc(F)cc1Br)NC[C@@H]1CCCO1. The van der Waals surface area contributed by atoms with E-state index in [0.29, 0.717) is 16.8 Å². The first kappa shape index (κ1) is 14.3. The van der Waals surface area contributed by atoms with Gasteiger partial charge in [0.1, 0.15) is 11.6 Å². The summed E-state index contributed by atoms with van der Waals surface area (Å²) in [6, 6.07) is 4.05. The smallest absolute Gasteiger partial charge is 0.258 e. The lowest BCUT2D eigenvalue weighted by Gasteiger charge is -2.12. The maximum Gasteiger partial charge on any atom is 0.258 e. The zero-order valence-corrected chi connectivity index (χ0v) is 11.9. The van der Waals surface area contributed by atoms with Crippen molar-refractivity contribution in [2.75, 3.05) is 19.8 Å². The molecule has 1 heterocycles. The number of amides is 1. The number of carbonyl (C=O) groups is 1. The maximum atomic E-state index is 12.9. The van der Waals surface area contributed by atoms with Crippen molar-refractivity contribution in [3.8, 4) is 5.75 Å². The van der Waals surface area contributed by atoms with Gasteiger partial charge >= 0.3 is 0 Å². The molecular formula is C13H15BrFNO3.